The summed E-state index contributed by atoms with van der Waals surface area (Å²) in [5, 5.41) is 11.2. The Bertz CT molecular complexity index is 452. The van der Waals surface area contributed by atoms with Crippen LogP contribution >= 0.6 is 0 Å². The second-order valence-electron chi connectivity index (χ2n) is 5.31. The number of amides is 1. The molecule has 0 radical (unpaired) electrons. The molecule has 0 saturated heterocycles. The van der Waals surface area contributed by atoms with Crippen LogP contribution in [0, 0.1) is 5.92 Å². The molecule has 136 valence electrons. The second-order valence-corrected chi connectivity index (χ2v) is 5.31. The van der Waals surface area contributed by atoms with E-state index >= 15 is 0 Å². The van der Waals surface area contributed by atoms with Crippen molar-refractivity contribution in [3.63, 3.8) is 0 Å². The van der Waals surface area contributed by atoms with Crippen LogP contribution in [0.2, 0.25) is 0 Å². The molecule has 3 N–H and O–H groups in total. The molecule has 0 fully saturated rings. The van der Waals surface area contributed by atoms with Gasteiger partial charge < -0.3 is 5.32 Å². The van der Waals surface area contributed by atoms with Crippen LogP contribution in [0.15, 0.2) is 54.1 Å². The third-order valence-electron chi connectivity index (χ3n) is 3.00. The molecule has 5 nitrogen and oxygen atoms in total. The van der Waals surface area contributed by atoms with Crippen molar-refractivity contribution in [3.05, 3.63) is 49.1 Å². The smallest absolute Gasteiger partial charge is 0.292 e. The Morgan fingerprint density at radius 2 is 2.17 bits per heavy atom. The zero-order valence-electron chi connectivity index (χ0n) is 15.5. The number of aliphatic imine (C=N–C) groups is 1. The molecular weight excluding hydrogens is 302 g/mol. The highest BCUT2D eigenvalue weighted by molar-refractivity contribution is 6.43. The number of allylic oxidation sites excluding steroid dienone is 3. The predicted octanol–water partition coefficient (Wildman–Crippen LogP) is 3.45. The molecule has 0 aliphatic carbocycles. The van der Waals surface area contributed by atoms with E-state index in [0.717, 1.165) is 25.0 Å². The summed E-state index contributed by atoms with van der Waals surface area (Å²) < 4.78 is 0. The van der Waals surface area contributed by atoms with Crippen molar-refractivity contribution in [2.24, 2.45) is 10.9 Å². The van der Waals surface area contributed by atoms with E-state index in [0.29, 0.717) is 18.2 Å². The van der Waals surface area contributed by atoms with E-state index in [1.54, 1.807) is 11.6 Å². The summed E-state index contributed by atoms with van der Waals surface area (Å²) in [5.74, 6) is 0.0570. The van der Waals surface area contributed by atoms with Gasteiger partial charge in [-0.05, 0) is 45.7 Å². The standard InChI is InChI=1S/C7H10N2O2.C7H12.C5H11N/c1-5-2-3-8-6(4-5)7(10)9-11;1-4-6-7(3)5-2;1-3-4-5-6-2/h4,11H,2-3H2,1H3,(H,9,10);4-5,7H,1-2,6H2,3H3;3-4,6H,5H2,1-2H3/b;;4-3-. The van der Waals surface area contributed by atoms with Crippen molar-refractivity contribution in [3.8, 4) is 0 Å². The lowest BCUT2D eigenvalue weighted by molar-refractivity contribution is -0.122. The van der Waals surface area contributed by atoms with Gasteiger partial charge >= 0.3 is 0 Å². The van der Waals surface area contributed by atoms with Gasteiger partial charge in [0.15, 0.2) is 0 Å². The maximum atomic E-state index is 10.8. The van der Waals surface area contributed by atoms with Gasteiger partial charge in [-0.3, -0.25) is 15.0 Å². The summed E-state index contributed by atoms with van der Waals surface area (Å²) >= 11 is 0. The molecule has 0 bridgehead atoms. The highest BCUT2D eigenvalue weighted by atomic mass is 16.5. The number of hydroxylamine groups is 1. The monoisotopic (exact) mass is 335 g/mol. The van der Waals surface area contributed by atoms with Gasteiger partial charge in [-0.25, -0.2) is 5.48 Å². The molecule has 1 heterocycles. The van der Waals surface area contributed by atoms with Gasteiger partial charge in [-0.15, -0.1) is 13.2 Å². The summed E-state index contributed by atoms with van der Waals surface area (Å²) in [4.78, 5) is 14.7. The maximum Gasteiger partial charge on any atom is 0.292 e. The molecule has 1 unspecified atom stereocenters. The first-order valence-corrected chi connectivity index (χ1v) is 8.11. The van der Waals surface area contributed by atoms with Crippen molar-refractivity contribution < 1.29 is 10.0 Å². The van der Waals surface area contributed by atoms with Crippen molar-refractivity contribution in [1.29, 1.82) is 0 Å². The Labute approximate surface area is 146 Å². The normalized spacial score (nSPS) is 14.0. The van der Waals surface area contributed by atoms with E-state index in [4.69, 9.17) is 5.21 Å². The molecule has 1 aliphatic heterocycles. The number of carbonyl (C=O) groups excluding carboxylic acids is 1. The number of hydrogen-bond donors (Lipinski definition) is 3. The molecule has 1 rings (SSSR count). The molecular formula is C19H33N3O2. The number of carbonyl (C=O) groups is 1. The minimum absolute atomic E-state index is 0.302. The fourth-order valence-corrected chi connectivity index (χ4v) is 1.49. The van der Waals surface area contributed by atoms with Crippen molar-refractivity contribution in [2.45, 2.75) is 33.6 Å². The van der Waals surface area contributed by atoms with Crippen LogP contribution in [0.5, 0.6) is 0 Å². The Hall–Kier alpha value is -1.98. The van der Waals surface area contributed by atoms with Crippen LogP contribution < -0.4 is 10.8 Å². The first-order chi connectivity index (χ1) is 11.5. The molecule has 0 aromatic carbocycles. The first kappa shape index (κ1) is 24.3. The molecule has 0 aromatic rings. The summed E-state index contributed by atoms with van der Waals surface area (Å²) in [5.41, 5.74) is 2.95. The van der Waals surface area contributed by atoms with Crippen molar-refractivity contribution >= 4 is 11.6 Å². The van der Waals surface area contributed by atoms with Crippen LogP contribution in [0.3, 0.4) is 0 Å². The van der Waals surface area contributed by atoms with Gasteiger partial charge in [0, 0.05) is 13.1 Å². The van der Waals surface area contributed by atoms with E-state index in [2.05, 4.69) is 36.5 Å². The molecule has 1 amide bonds. The lowest BCUT2D eigenvalue weighted by Gasteiger charge is -2.07. The molecule has 1 atom stereocenters. The molecule has 24 heavy (non-hydrogen) atoms. The van der Waals surface area contributed by atoms with Crippen LogP contribution in [0.4, 0.5) is 0 Å². The average Bonchev–Trinajstić information content (AvgIpc) is 2.60. The highest BCUT2D eigenvalue weighted by Gasteiger charge is 2.10. The zero-order valence-corrected chi connectivity index (χ0v) is 15.5. The van der Waals surface area contributed by atoms with Crippen LogP contribution in [-0.2, 0) is 4.79 Å². The first-order valence-electron chi connectivity index (χ1n) is 8.11. The Balaban J connectivity index is 0. The number of hydrogen-bond acceptors (Lipinski definition) is 4. The summed E-state index contributed by atoms with van der Waals surface area (Å²) in [7, 11) is 1.93. The zero-order chi connectivity index (χ0) is 18.8. The maximum absolute atomic E-state index is 10.8. The number of nitrogens with zero attached hydrogens (tertiary/aromatic N) is 1. The lowest BCUT2D eigenvalue weighted by Crippen LogP contribution is -2.28. The second kappa shape index (κ2) is 17.4. The summed E-state index contributed by atoms with van der Waals surface area (Å²) in [6.07, 6.45) is 11.5. The van der Waals surface area contributed by atoms with Crippen LogP contribution in [0.1, 0.15) is 33.6 Å². The molecule has 0 spiro atoms. The minimum atomic E-state index is -0.538. The number of rotatable bonds is 6. The predicted molar refractivity (Wildman–Crippen MR) is 104 cm³/mol. The van der Waals surface area contributed by atoms with E-state index in [1.807, 2.05) is 39.1 Å². The van der Waals surface area contributed by atoms with Gasteiger partial charge in [-0.2, -0.15) is 0 Å². The molecule has 0 aromatic heterocycles. The van der Waals surface area contributed by atoms with Crippen LogP contribution in [-0.4, -0.2) is 37.0 Å². The Morgan fingerprint density at radius 1 is 1.50 bits per heavy atom. The third-order valence-corrected chi connectivity index (χ3v) is 3.00. The summed E-state index contributed by atoms with van der Waals surface area (Å²) in [6.45, 7) is 14.9. The number of dihydropyridines is 1. The lowest BCUT2D eigenvalue weighted by atomic mass is 10.1. The summed E-state index contributed by atoms with van der Waals surface area (Å²) in [6, 6.07) is 0. The minimum Gasteiger partial charge on any atom is -0.316 e. The Morgan fingerprint density at radius 3 is 2.50 bits per heavy atom. The number of likely N-dealkylation sites (N-methyl/N-ethyl adjacent to an activating group) is 1. The van der Waals surface area contributed by atoms with Crippen molar-refractivity contribution in [2.75, 3.05) is 20.1 Å². The largest absolute Gasteiger partial charge is 0.316 e. The van der Waals surface area contributed by atoms with Gasteiger partial charge in [0.05, 0.1) is 0 Å². The van der Waals surface area contributed by atoms with Gasteiger partial charge in [-0.1, -0.05) is 36.8 Å². The fraction of sp³-hybridized carbons (Fsp3) is 0.474. The van der Waals surface area contributed by atoms with Gasteiger partial charge in [0.2, 0.25) is 0 Å². The van der Waals surface area contributed by atoms with E-state index in [-0.39, 0.29) is 0 Å². The van der Waals surface area contributed by atoms with Gasteiger partial charge in [0.1, 0.15) is 5.71 Å². The van der Waals surface area contributed by atoms with Crippen molar-refractivity contribution in [1.82, 2.24) is 10.8 Å². The van der Waals surface area contributed by atoms with E-state index in [1.165, 1.54) is 0 Å². The van der Waals surface area contributed by atoms with E-state index < -0.39 is 5.91 Å². The van der Waals surface area contributed by atoms with Crippen LogP contribution in [0.25, 0.3) is 0 Å². The fourth-order valence-electron chi connectivity index (χ4n) is 1.49. The van der Waals surface area contributed by atoms with E-state index in [9.17, 15) is 4.79 Å². The highest BCUT2D eigenvalue weighted by Crippen LogP contribution is 2.06. The topological polar surface area (TPSA) is 73.7 Å². The molecule has 5 heteroatoms. The molecule has 0 saturated carbocycles. The number of nitrogens with one attached hydrogen (secondary N) is 2. The van der Waals surface area contributed by atoms with Gasteiger partial charge in [0.25, 0.3) is 5.91 Å². The average molecular weight is 335 g/mol. The quantitative estimate of drug-likeness (QED) is 0.395. The SMILES string of the molecule is C/C=C\CNC.C=CCC(C)C=C.CC1=CC(C(=O)NO)=NCC1. The Kier molecular flexibility index (Phi) is 17.6. The third kappa shape index (κ3) is 14.9. The molecule has 1 aliphatic rings.